The standard InChI is InChI=1S/C12H16N2O.ClH/c1-14(2)12(15)10-5-3-7-11-9(10)6-4-8-13-11;/h3,5,7,13H,4,6,8H2,1-2H3;1H. The van der Waals surface area contributed by atoms with Crippen LogP contribution in [0.1, 0.15) is 22.3 Å². The molecule has 1 aromatic carbocycles. The molecule has 2 rings (SSSR count). The van der Waals surface area contributed by atoms with Gasteiger partial charge in [0.05, 0.1) is 0 Å². The van der Waals surface area contributed by atoms with Crippen LogP contribution in [0.3, 0.4) is 0 Å². The molecule has 0 unspecified atom stereocenters. The third-order valence-electron chi connectivity index (χ3n) is 2.73. The van der Waals surface area contributed by atoms with E-state index in [9.17, 15) is 4.79 Å². The molecule has 16 heavy (non-hydrogen) atoms. The molecule has 0 aliphatic carbocycles. The highest BCUT2D eigenvalue weighted by molar-refractivity contribution is 5.97. The summed E-state index contributed by atoms with van der Waals surface area (Å²) in [4.78, 5) is 13.5. The van der Waals surface area contributed by atoms with Gasteiger partial charge in [0.25, 0.3) is 5.91 Å². The number of hydrogen-bond donors (Lipinski definition) is 1. The molecular formula is C12H17ClN2O. The van der Waals surface area contributed by atoms with Crippen LogP contribution in [0.15, 0.2) is 18.2 Å². The van der Waals surface area contributed by atoms with Gasteiger partial charge in [-0.3, -0.25) is 4.79 Å². The van der Waals surface area contributed by atoms with Crippen molar-refractivity contribution in [2.24, 2.45) is 0 Å². The van der Waals surface area contributed by atoms with Gasteiger partial charge in [-0.15, -0.1) is 12.4 Å². The highest BCUT2D eigenvalue weighted by Crippen LogP contribution is 2.25. The third-order valence-corrected chi connectivity index (χ3v) is 2.73. The summed E-state index contributed by atoms with van der Waals surface area (Å²) in [6, 6.07) is 5.89. The van der Waals surface area contributed by atoms with Crippen molar-refractivity contribution in [3.63, 3.8) is 0 Å². The van der Waals surface area contributed by atoms with Gasteiger partial charge in [-0.2, -0.15) is 0 Å². The highest BCUT2D eigenvalue weighted by atomic mass is 35.5. The lowest BCUT2D eigenvalue weighted by Gasteiger charge is -2.21. The van der Waals surface area contributed by atoms with Crippen LogP contribution in [0.2, 0.25) is 0 Å². The van der Waals surface area contributed by atoms with E-state index in [4.69, 9.17) is 0 Å². The fourth-order valence-electron chi connectivity index (χ4n) is 1.95. The van der Waals surface area contributed by atoms with Crippen molar-refractivity contribution in [3.05, 3.63) is 29.3 Å². The van der Waals surface area contributed by atoms with E-state index >= 15 is 0 Å². The molecule has 1 N–H and O–H groups in total. The second-order valence-electron chi connectivity index (χ2n) is 4.06. The van der Waals surface area contributed by atoms with Gasteiger partial charge in [0.15, 0.2) is 0 Å². The second kappa shape index (κ2) is 5.21. The summed E-state index contributed by atoms with van der Waals surface area (Å²) in [5.74, 6) is 0.0931. The Kier molecular flexibility index (Phi) is 4.19. The van der Waals surface area contributed by atoms with Gasteiger partial charge < -0.3 is 10.2 Å². The first kappa shape index (κ1) is 12.8. The van der Waals surface area contributed by atoms with Crippen LogP contribution in [0.5, 0.6) is 0 Å². The lowest BCUT2D eigenvalue weighted by Crippen LogP contribution is -2.24. The summed E-state index contributed by atoms with van der Waals surface area (Å²) in [5, 5.41) is 3.33. The Morgan fingerprint density at radius 1 is 1.38 bits per heavy atom. The predicted octanol–water partition coefficient (Wildman–Crippen LogP) is 2.17. The first-order chi connectivity index (χ1) is 7.20. The molecule has 0 atom stereocenters. The number of hydrogen-bond acceptors (Lipinski definition) is 2. The molecular weight excluding hydrogens is 224 g/mol. The van der Waals surface area contributed by atoms with Crippen molar-refractivity contribution in [1.29, 1.82) is 0 Å². The minimum atomic E-state index is 0. The summed E-state index contributed by atoms with van der Waals surface area (Å²) in [7, 11) is 3.58. The maximum atomic E-state index is 11.9. The zero-order valence-corrected chi connectivity index (χ0v) is 10.4. The smallest absolute Gasteiger partial charge is 0.253 e. The van der Waals surface area contributed by atoms with Crippen LogP contribution in [-0.4, -0.2) is 31.4 Å². The number of anilines is 1. The Morgan fingerprint density at radius 3 is 2.81 bits per heavy atom. The Balaban J connectivity index is 0.00000128. The number of rotatable bonds is 1. The number of fused-ring (bicyclic) bond motifs is 1. The van der Waals surface area contributed by atoms with E-state index in [0.29, 0.717) is 0 Å². The zero-order valence-electron chi connectivity index (χ0n) is 9.62. The van der Waals surface area contributed by atoms with Crippen LogP contribution in [0, 0.1) is 0 Å². The maximum Gasteiger partial charge on any atom is 0.253 e. The molecule has 0 radical (unpaired) electrons. The average Bonchev–Trinajstić information content (AvgIpc) is 2.27. The van der Waals surface area contributed by atoms with Crippen LogP contribution < -0.4 is 5.32 Å². The van der Waals surface area contributed by atoms with Gasteiger partial charge in [0, 0.05) is 31.9 Å². The predicted molar refractivity (Wildman–Crippen MR) is 68.5 cm³/mol. The monoisotopic (exact) mass is 240 g/mol. The number of benzene rings is 1. The molecule has 0 saturated heterocycles. The van der Waals surface area contributed by atoms with E-state index in [1.165, 1.54) is 5.56 Å². The SMILES string of the molecule is CN(C)C(=O)c1cccc2c1CCCN2.Cl. The number of carbonyl (C=O) groups excluding carboxylic acids is 1. The summed E-state index contributed by atoms with van der Waals surface area (Å²) < 4.78 is 0. The van der Waals surface area contributed by atoms with E-state index in [1.54, 1.807) is 19.0 Å². The van der Waals surface area contributed by atoms with Crippen molar-refractivity contribution in [2.45, 2.75) is 12.8 Å². The number of carbonyl (C=O) groups is 1. The molecule has 3 nitrogen and oxygen atoms in total. The average molecular weight is 241 g/mol. The van der Waals surface area contributed by atoms with Crippen molar-refractivity contribution < 1.29 is 4.79 Å². The Hall–Kier alpha value is -1.22. The van der Waals surface area contributed by atoms with Gasteiger partial charge in [0.2, 0.25) is 0 Å². The van der Waals surface area contributed by atoms with Gasteiger partial charge in [-0.25, -0.2) is 0 Å². The summed E-state index contributed by atoms with van der Waals surface area (Å²) in [5.41, 5.74) is 3.13. The Morgan fingerprint density at radius 2 is 2.12 bits per heavy atom. The quantitative estimate of drug-likeness (QED) is 0.816. The molecule has 0 aromatic heterocycles. The highest BCUT2D eigenvalue weighted by Gasteiger charge is 2.17. The van der Waals surface area contributed by atoms with Gasteiger partial charge in [-0.1, -0.05) is 6.07 Å². The first-order valence-corrected chi connectivity index (χ1v) is 5.27. The fraction of sp³-hybridized carbons (Fsp3) is 0.417. The summed E-state index contributed by atoms with van der Waals surface area (Å²) in [6.07, 6.45) is 2.10. The van der Waals surface area contributed by atoms with E-state index in [-0.39, 0.29) is 18.3 Å². The second-order valence-corrected chi connectivity index (χ2v) is 4.06. The Bertz CT molecular complexity index is 391. The molecule has 0 spiro atoms. The molecule has 1 aromatic rings. The van der Waals surface area contributed by atoms with E-state index in [2.05, 4.69) is 5.32 Å². The third kappa shape index (κ3) is 2.30. The number of nitrogens with one attached hydrogen (secondary N) is 1. The molecule has 4 heteroatoms. The molecule has 88 valence electrons. The maximum absolute atomic E-state index is 11.9. The number of amides is 1. The largest absolute Gasteiger partial charge is 0.385 e. The topological polar surface area (TPSA) is 32.3 Å². The van der Waals surface area contributed by atoms with Crippen molar-refractivity contribution in [1.82, 2.24) is 4.90 Å². The van der Waals surface area contributed by atoms with Crippen LogP contribution in [0.4, 0.5) is 5.69 Å². The van der Waals surface area contributed by atoms with Crippen molar-refractivity contribution >= 4 is 24.0 Å². The minimum Gasteiger partial charge on any atom is -0.385 e. The Labute approximate surface area is 102 Å². The van der Waals surface area contributed by atoms with E-state index in [0.717, 1.165) is 30.6 Å². The van der Waals surface area contributed by atoms with Gasteiger partial charge in [-0.05, 0) is 30.5 Å². The van der Waals surface area contributed by atoms with E-state index in [1.807, 2.05) is 18.2 Å². The first-order valence-electron chi connectivity index (χ1n) is 5.27. The van der Waals surface area contributed by atoms with Crippen LogP contribution >= 0.6 is 12.4 Å². The zero-order chi connectivity index (χ0) is 10.8. The van der Waals surface area contributed by atoms with E-state index < -0.39 is 0 Å². The molecule has 0 bridgehead atoms. The van der Waals surface area contributed by atoms with Gasteiger partial charge in [0.1, 0.15) is 0 Å². The molecule has 0 saturated carbocycles. The lowest BCUT2D eigenvalue weighted by atomic mass is 9.97. The summed E-state index contributed by atoms with van der Waals surface area (Å²) >= 11 is 0. The lowest BCUT2D eigenvalue weighted by molar-refractivity contribution is 0.0826. The minimum absolute atomic E-state index is 0. The fourth-order valence-corrected chi connectivity index (χ4v) is 1.95. The normalized spacial score (nSPS) is 13.1. The molecule has 1 aliphatic heterocycles. The molecule has 1 aliphatic rings. The van der Waals surface area contributed by atoms with Gasteiger partial charge >= 0.3 is 0 Å². The number of halogens is 1. The van der Waals surface area contributed by atoms with Crippen LogP contribution in [-0.2, 0) is 6.42 Å². The molecule has 0 fully saturated rings. The van der Waals surface area contributed by atoms with Crippen molar-refractivity contribution in [2.75, 3.05) is 26.0 Å². The van der Waals surface area contributed by atoms with Crippen LogP contribution in [0.25, 0.3) is 0 Å². The molecule has 1 amide bonds. The number of nitrogens with zero attached hydrogens (tertiary/aromatic N) is 1. The summed E-state index contributed by atoms with van der Waals surface area (Å²) in [6.45, 7) is 1.01. The molecule has 1 heterocycles. The van der Waals surface area contributed by atoms with Crippen molar-refractivity contribution in [3.8, 4) is 0 Å².